The molecule has 150 valence electrons. The molecule has 0 radical (unpaired) electrons. The van der Waals surface area contributed by atoms with Crippen LogP contribution in [0.15, 0.2) is 52.3 Å². The molecule has 0 aliphatic heterocycles. The van der Waals surface area contributed by atoms with Crippen LogP contribution in [0, 0.1) is 0 Å². The first kappa shape index (κ1) is 18.8. The lowest BCUT2D eigenvalue weighted by Gasteiger charge is -2.15. The average Bonchev–Trinajstić information content (AvgIpc) is 3.43. The molecule has 1 aliphatic carbocycles. The zero-order valence-corrected chi connectivity index (χ0v) is 15.9. The van der Waals surface area contributed by atoms with Crippen molar-refractivity contribution < 1.29 is 4.79 Å². The highest BCUT2D eigenvalue weighted by molar-refractivity contribution is 5.79. The third kappa shape index (κ3) is 4.15. The summed E-state index contributed by atoms with van der Waals surface area (Å²) >= 11 is 0. The number of aromatic nitrogens is 6. The Morgan fingerprint density at radius 3 is 2.69 bits per heavy atom. The highest BCUT2D eigenvalue weighted by Crippen LogP contribution is 2.38. The smallest absolute Gasteiger partial charge is 0.267 e. The van der Waals surface area contributed by atoms with Crippen molar-refractivity contribution in [1.82, 2.24) is 34.7 Å². The number of nitrogens with one attached hydrogen (secondary N) is 1. The molecule has 0 saturated heterocycles. The summed E-state index contributed by atoms with van der Waals surface area (Å²) in [5, 5.41) is 15.4. The van der Waals surface area contributed by atoms with E-state index < -0.39 is 6.04 Å². The molecule has 0 bridgehead atoms. The topological polar surface area (TPSA) is 117 Å². The second kappa shape index (κ2) is 7.82. The third-order valence-corrected chi connectivity index (χ3v) is 4.80. The van der Waals surface area contributed by atoms with Gasteiger partial charge in [0.1, 0.15) is 6.04 Å². The standard InChI is InChI=1S/C19H21N7O3/c1-13(26-18(28)7-5-15(22-26)14-3-4-14)19(29)20-10-12-25-17(27)8-6-16(23-25)24-11-2-9-21-24/h2,5-9,11,13-14H,3-4,10,12H2,1H3,(H,20,29)/t13-/m0/s1. The molecule has 0 aromatic carbocycles. The Hall–Kier alpha value is -3.56. The van der Waals surface area contributed by atoms with Crippen LogP contribution in [0.25, 0.3) is 5.82 Å². The number of amides is 1. The number of carbonyl (C=O) groups excluding carboxylic acids is 1. The molecule has 29 heavy (non-hydrogen) atoms. The van der Waals surface area contributed by atoms with Gasteiger partial charge in [-0.15, -0.1) is 5.10 Å². The zero-order valence-electron chi connectivity index (χ0n) is 15.9. The Bertz CT molecular complexity index is 1130. The number of carbonyl (C=O) groups is 1. The summed E-state index contributed by atoms with van der Waals surface area (Å²) in [5.74, 6) is 0.544. The van der Waals surface area contributed by atoms with Crippen molar-refractivity contribution in [3.05, 3.63) is 69.1 Å². The molecular weight excluding hydrogens is 374 g/mol. The van der Waals surface area contributed by atoms with Gasteiger partial charge in [0.25, 0.3) is 11.1 Å². The van der Waals surface area contributed by atoms with Crippen LogP contribution in [0.2, 0.25) is 0 Å². The number of rotatable bonds is 7. The minimum absolute atomic E-state index is 0.190. The van der Waals surface area contributed by atoms with E-state index >= 15 is 0 Å². The van der Waals surface area contributed by atoms with Crippen molar-refractivity contribution in [1.29, 1.82) is 0 Å². The van der Waals surface area contributed by atoms with Gasteiger partial charge in [0.15, 0.2) is 5.82 Å². The fourth-order valence-corrected chi connectivity index (χ4v) is 2.98. The van der Waals surface area contributed by atoms with Crippen molar-refractivity contribution in [3.8, 4) is 5.82 Å². The molecule has 0 unspecified atom stereocenters. The first-order valence-electron chi connectivity index (χ1n) is 9.48. The summed E-state index contributed by atoms with van der Waals surface area (Å²) < 4.78 is 4.02. The predicted molar refractivity (Wildman–Crippen MR) is 104 cm³/mol. The van der Waals surface area contributed by atoms with E-state index in [9.17, 15) is 14.4 Å². The third-order valence-electron chi connectivity index (χ3n) is 4.80. The van der Waals surface area contributed by atoms with Crippen LogP contribution >= 0.6 is 0 Å². The Morgan fingerprint density at radius 2 is 1.97 bits per heavy atom. The molecule has 1 N–H and O–H groups in total. The minimum Gasteiger partial charge on any atom is -0.352 e. The molecule has 10 heteroatoms. The molecule has 1 saturated carbocycles. The fourth-order valence-electron chi connectivity index (χ4n) is 2.98. The van der Waals surface area contributed by atoms with Crippen LogP contribution in [0.1, 0.15) is 37.4 Å². The lowest BCUT2D eigenvalue weighted by atomic mass is 10.2. The first-order chi connectivity index (χ1) is 14.0. The Labute approximate surface area is 165 Å². The Morgan fingerprint density at radius 1 is 1.17 bits per heavy atom. The summed E-state index contributed by atoms with van der Waals surface area (Å²) in [6.45, 7) is 2.01. The van der Waals surface area contributed by atoms with Crippen molar-refractivity contribution in [2.45, 2.75) is 38.3 Å². The monoisotopic (exact) mass is 395 g/mol. The summed E-state index contributed by atoms with van der Waals surface area (Å²) in [5.41, 5.74) is 0.246. The molecule has 10 nitrogen and oxygen atoms in total. The molecule has 1 atom stereocenters. The molecule has 3 heterocycles. The van der Waals surface area contributed by atoms with Gasteiger partial charge in [-0.25, -0.2) is 14.0 Å². The van der Waals surface area contributed by atoms with Gasteiger partial charge >= 0.3 is 0 Å². The maximum absolute atomic E-state index is 12.5. The molecular formula is C19H21N7O3. The largest absolute Gasteiger partial charge is 0.352 e. The maximum Gasteiger partial charge on any atom is 0.267 e. The summed E-state index contributed by atoms with van der Waals surface area (Å²) in [6, 6.07) is 7.17. The van der Waals surface area contributed by atoms with E-state index in [-0.39, 0.29) is 30.1 Å². The SMILES string of the molecule is C[C@@H](C(=O)NCCn1nc(-n2cccn2)ccc1=O)n1nc(C2CC2)ccc1=O. The molecule has 3 aromatic heterocycles. The van der Waals surface area contributed by atoms with Gasteiger partial charge in [0.05, 0.1) is 12.2 Å². The van der Waals surface area contributed by atoms with E-state index in [1.807, 2.05) is 0 Å². The fraction of sp³-hybridized carbons (Fsp3) is 0.368. The summed E-state index contributed by atoms with van der Waals surface area (Å²) in [4.78, 5) is 36.6. The van der Waals surface area contributed by atoms with Crippen LogP contribution in [0.5, 0.6) is 0 Å². The molecule has 1 fully saturated rings. The van der Waals surface area contributed by atoms with E-state index in [2.05, 4.69) is 20.6 Å². The normalized spacial score (nSPS) is 14.5. The van der Waals surface area contributed by atoms with E-state index in [4.69, 9.17) is 0 Å². The van der Waals surface area contributed by atoms with Gasteiger partial charge in [-0.2, -0.15) is 10.2 Å². The predicted octanol–water partition coefficient (Wildman–Crippen LogP) is 0.240. The Kier molecular flexibility index (Phi) is 5.07. The van der Waals surface area contributed by atoms with E-state index in [0.29, 0.717) is 11.7 Å². The van der Waals surface area contributed by atoms with Crippen LogP contribution in [0.3, 0.4) is 0 Å². The van der Waals surface area contributed by atoms with Gasteiger partial charge in [-0.1, -0.05) is 0 Å². The van der Waals surface area contributed by atoms with Gasteiger partial charge in [0.2, 0.25) is 5.91 Å². The lowest BCUT2D eigenvalue weighted by Crippen LogP contribution is -2.39. The summed E-state index contributed by atoms with van der Waals surface area (Å²) in [6.07, 6.45) is 5.46. The second-order valence-corrected chi connectivity index (χ2v) is 6.99. The van der Waals surface area contributed by atoms with Gasteiger partial charge in [0, 0.05) is 37.0 Å². The first-order valence-corrected chi connectivity index (χ1v) is 9.48. The van der Waals surface area contributed by atoms with Crippen LogP contribution in [0.4, 0.5) is 0 Å². The number of hydrogen-bond donors (Lipinski definition) is 1. The number of hydrogen-bond acceptors (Lipinski definition) is 6. The van der Waals surface area contributed by atoms with E-state index in [1.165, 1.54) is 21.5 Å². The van der Waals surface area contributed by atoms with Crippen molar-refractivity contribution in [2.75, 3.05) is 6.54 Å². The lowest BCUT2D eigenvalue weighted by molar-refractivity contribution is -0.124. The zero-order chi connectivity index (χ0) is 20.4. The molecule has 0 spiro atoms. The highest BCUT2D eigenvalue weighted by Gasteiger charge is 2.27. The van der Waals surface area contributed by atoms with E-state index in [0.717, 1.165) is 18.5 Å². The van der Waals surface area contributed by atoms with Gasteiger partial charge < -0.3 is 5.32 Å². The van der Waals surface area contributed by atoms with Gasteiger partial charge in [-0.3, -0.25) is 14.4 Å². The van der Waals surface area contributed by atoms with Gasteiger partial charge in [-0.05, 0) is 38.0 Å². The van der Waals surface area contributed by atoms with Crippen LogP contribution < -0.4 is 16.4 Å². The molecule has 1 aliphatic rings. The maximum atomic E-state index is 12.5. The Balaban J connectivity index is 1.40. The number of nitrogens with zero attached hydrogens (tertiary/aromatic N) is 6. The summed E-state index contributed by atoms with van der Waals surface area (Å²) in [7, 11) is 0. The van der Waals surface area contributed by atoms with Crippen LogP contribution in [-0.2, 0) is 11.3 Å². The van der Waals surface area contributed by atoms with Crippen molar-refractivity contribution >= 4 is 5.91 Å². The quantitative estimate of drug-likeness (QED) is 0.613. The highest BCUT2D eigenvalue weighted by atomic mass is 16.2. The van der Waals surface area contributed by atoms with Crippen LogP contribution in [-0.4, -0.2) is 41.8 Å². The van der Waals surface area contributed by atoms with Crippen molar-refractivity contribution in [2.24, 2.45) is 0 Å². The molecule has 1 amide bonds. The van der Waals surface area contributed by atoms with E-state index in [1.54, 1.807) is 42.2 Å². The molecule has 4 rings (SSSR count). The molecule has 3 aromatic rings. The second-order valence-electron chi connectivity index (χ2n) is 6.99. The minimum atomic E-state index is -0.749. The van der Waals surface area contributed by atoms with Crippen molar-refractivity contribution in [3.63, 3.8) is 0 Å². The average molecular weight is 395 g/mol.